The second-order valence-electron chi connectivity index (χ2n) is 7.29. The molecule has 29 heavy (non-hydrogen) atoms. The van der Waals surface area contributed by atoms with Crippen molar-refractivity contribution in [2.45, 2.75) is 25.0 Å². The Hall–Kier alpha value is -3.03. The van der Waals surface area contributed by atoms with E-state index in [1.807, 2.05) is 18.2 Å². The molecule has 0 aromatic heterocycles. The molecule has 0 N–H and O–H groups in total. The highest BCUT2D eigenvalue weighted by molar-refractivity contribution is 5.91. The van der Waals surface area contributed by atoms with Crippen molar-refractivity contribution in [3.8, 4) is 0 Å². The summed E-state index contributed by atoms with van der Waals surface area (Å²) in [6.07, 6.45) is 2.72. The molecule has 2 aliphatic rings. The predicted molar refractivity (Wildman–Crippen MR) is 107 cm³/mol. The number of esters is 1. The Morgan fingerprint density at radius 3 is 2.72 bits per heavy atom. The van der Waals surface area contributed by atoms with E-state index in [9.17, 15) is 14.9 Å². The van der Waals surface area contributed by atoms with Crippen LogP contribution in [0.2, 0.25) is 0 Å². The second kappa shape index (κ2) is 8.14. The molecule has 0 radical (unpaired) electrons. The maximum Gasteiger partial charge on any atom is 0.338 e. The summed E-state index contributed by atoms with van der Waals surface area (Å²) in [6, 6.07) is 15.0. The molecular weight excluding hydrogens is 372 g/mol. The molecule has 2 atom stereocenters. The van der Waals surface area contributed by atoms with Gasteiger partial charge in [-0.3, -0.25) is 15.0 Å². The van der Waals surface area contributed by atoms with Crippen molar-refractivity contribution in [2.24, 2.45) is 0 Å². The van der Waals surface area contributed by atoms with Crippen molar-refractivity contribution < 1.29 is 19.2 Å². The minimum Gasteiger partial charge on any atom is -0.465 e. The Bertz CT molecular complexity index is 957. The average Bonchev–Trinajstić information content (AvgIpc) is 2.73. The van der Waals surface area contributed by atoms with Crippen molar-refractivity contribution in [3.05, 3.63) is 81.4 Å². The predicted octanol–water partition coefficient (Wildman–Crippen LogP) is 3.44. The largest absolute Gasteiger partial charge is 0.465 e. The Balaban J connectivity index is 1.66. The lowest BCUT2D eigenvalue weighted by molar-refractivity contribution is -0.385. The van der Waals surface area contributed by atoms with Gasteiger partial charge >= 0.3 is 5.97 Å². The number of hydrogen-bond donors (Lipinski definition) is 0. The summed E-state index contributed by atoms with van der Waals surface area (Å²) in [6.45, 7) is 1.96. The van der Waals surface area contributed by atoms with Crippen LogP contribution >= 0.6 is 0 Å². The van der Waals surface area contributed by atoms with Crippen molar-refractivity contribution in [1.29, 1.82) is 0 Å². The number of nitrogens with zero attached hydrogens (tertiary/aromatic N) is 2. The van der Waals surface area contributed by atoms with E-state index in [1.54, 1.807) is 12.1 Å². The number of nitro groups is 1. The van der Waals surface area contributed by atoms with Crippen LogP contribution < -0.4 is 0 Å². The first-order valence-corrected chi connectivity index (χ1v) is 9.52. The van der Waals surface area contributed by atoms with Gasteiger partial charge in [0.05, 0.1) is 42.4 Å². The fraction of sp³-hybridized carbons (Fsp3) is 0.318. The highest BCUT2D eigenvalue weighted by Gasteiger charge is 2.36. The molecule has 2 aromatic rings. The summed E-state index contributed by atoms with van der Waals surface area (Å²) < 4.78 is 10.4. The van der Waals surface area contributed by atoms with Gasteiger partial charge in [-0.25, -0.2) is 4.79 Å². The molecule has 0 aliphatic carbocycles. The number of carbonyl (C=O) groups excluding carboxylic acids is 1. The first-order chi connectivity index (χ1) is 14.1. The quantitative estimate of drug-likeness (QED) is 0.439. The lowest BCUT2D eigenvalue weighted by atomic mass is 9.88. The molecule has 2 heterocycles. The van der Waals surface area contributed by atoms with Crippen LogP contribution in [0.5, 0.6) is 0 Å². The number of fused-ring (bicyclic) bond motifs is 2. The molecule has 0 saturated carbocycles. The lowest BCUT2D eigenvalue weighted by Crippen LogP contribution is -2.53. The molecular formula is C22H22N2O5. The monoisotopic (exact) mass is 394 g/mol. The third kappa shape index (κ3) is 3.92. The summed E-state index contributed by atoms with van der Waals surface area (Å²) in [4.78, 5) is 25.4. The van der Waals surface area contributed by atoms with Crippen LogP contribution in [-0.4, -0.2) is 48.2 Å². The average molecular weight is 394 g/mol. The SMILES string of the molecule is COC(=O)c1ccc(C2=CC3COCC(C2)N3Cc2ccccc2)c([N+](=O)[O-])c1. The van der Waals surface area contributed by atoms with Crippen LogP contribution in [0.25, 0.3) is 5.57 Å². The topological polar surface area (TPSA) is 81.9 Å². The molecule has 1 fully saturated rings. The molecule has 4 rings (SSSR count). The Morgan fingerprint density at radius 1 is 1.24 bits per heavy atom. The van der Waals surface area contributed by atoms with Crippen LogP contribution in [0.1, 0.15) is 27.9 Å². The number of ether oxygens (including phenoxy) is 2. The van der Waals surface area contributed by atoms with E-state index in [4.69, 9.17) is 4.74 Å². The molecule has 2 aliphatic heterocycles. The maximum absolute atomic E-state index is 11.8. The standard InChI is InChI=1S/C22H22N2O5/c1-28-22(25)16-7-8-20(21(11-16)24(26)27)17-9-18-13-29-14-19(10-17)23(18)12-15-5-3-2-4-6-15/h2-9,11,18-19H,10,12-14H2,1H3. The van der Waals surface area contributed by atoms with E-state index in [-0.39, 0.29) is 23.3 Å². The van der Waals surface area contributed by atoms with Gasteiger partial charge in [-0.15, -0.1) is 0 Å². The van der Waals surface area contributed by atoms with Crippen LogP contribution in [0.15, 0.2) is 54.6 Å². The van der Waals surface area contributed by atoms with Crippen molar-refractivity contribution in [1.82, 2.24) is 4.90 Å². The zero-order valence-electron chi connectivity index (χ0n) is 16.1. The number of rotatable bonds is 5. The number of benzene rings is 2. The molecule has 0 spiro atoms. The molecule has 2 unspecified atom stereocenters. The number of methoxy groups -OCH3 is 1. The fourth-order valence-electron chi connectivity index (χ4n) is 4.10. The fourth-order valence-corrected chi connectivity index (χ4v) is 4.10. The first-order valence-electron chi connectivity index (χ1n) is 9.52. The third-order valence-electron chi connectivity index (χ3n) is 5.51. The van der Waals surface area contributed by atoms with Gasteiger partial charge in [0.25, 0.3) is 5.69 Å². The minimum absolute atomic E-state index is 0.0533. The number of nitro benzene ring substituents is 1. The highest BCUT2D eigenvalue weighted by Crippen LogP contribution is 2.37. The molecule has 7 nitrogen and oxygen atoms in total. The van der Waals surface area contributed by atoms with Gasteiger partial charge in [-0.1, -0.05) is 36.4 Å². The van der Waals surface area contributed by atoms with Gasteiger partial charge in [-0.05, 0) is 29.7 Å². The van der Waals surface area contributed by atoms with Gasteiger partial charge in [0, 0.05) is 18.7 Å². The Labute approximate surface area is 168 Å². The molecule has 2 bridgehead atoms. The van der Waals surface area contributed by atoms with Crippen LogP contribution in [-0.2, 0) is 16.0 Å². The summed E-state index contributed by atoms with van der Waals surface area (Å²) in [5.74, 6) is -0.587. The van der Waals surface area contributed by atoms with Gasteiger partial charge in [0.2, 0.25) is 0 Å². The van der Waals surface area contributed by atoms with Crippen LogP contribution in [0.4, 0.5) is 5.69 Å². The lowest BCUT2D eigenvalue weighted by Gasteiger charge is -2.44. The highest BCUT2D eigenvalue weighted by atomic mass is 16.6. The van der Waals surface area contributed by atoms with E-state index in [1.165, 1.54) is 18.7 Å². The van der Waals surface area contributed by atoms with Crippen molar-refractivity contribution in [2.75, 3.05) is 20.3 Å². The molecule has 7 heteroatoms. The second-order valence-corrected chi connectivity index (χ2v) is 7.29. The molecule has 0 amide bonds. The summed E-state index contributed by atoms with van der Waals surface area (Å²) in [5.41, 5.74) is 2.81. The number of hydrogen-bond acceptors (Lipinski definition) is 6. The van der Waals surface area contributed by atoms with Crippen LogP contribution in [0, 0.1) is 10.1 Å². The van der Waals surface area contributed by atoms with E-state index < -0.39 is 10.9 Å². The van der Waals surface area contributed by atoms with E-state index in [2.05, 4.69) is 27.8 Å². The molecule has 1 saturated heterocycles. The van der Waals surface area contributed by atoms with E-state index >= 15 is 0 Å². The smallest absolute Gasteiger partial charge is 0.338 e. The normalized spacial score (nSPS) is 21.3. The van der Waals surface area contributed by atoms with E-state index in [0.717, 1.165) is 12.1 Å². The van der Waals surface area contributed by atoms with Crippen molar-refractivity contribution in [3.63, 3.8) is 0 Å². The first kappa shape index (κ1) is 19.3. The maximum atomic E-state index is 11.8. The zero-order chi connectivity index (χ0) is 20.4. The van der Waals surface area contributed by atoms with E-state index in [0.29, 0.717) is 25.2 Å². The van der Waals surface area contributed by atoms with Crippen molar-refractivity contribution >= 4 is 17.2 Å². The number of carbonyl (C=O) groups is 1. The molecule has 150 valence electrons. The van der Waals surface area contributed by atoms with Gasteiger partial charge in [-0.2, -0.15) is 0 Å². The number of morpholine rings is 1. The Morgan fingerprint density at radius 2 is 2.03 bits per heavy atom. The third-order valence-corrected chi connectivity index (χ3v) is 5.51. The summed E-state index contributed by atoms with van der Waals surface area (Å²) in [5, 5.41) is 11.7. The summed E-state index contributed by atoms with van der Waals surface area (Å²) in [7, 11) is 1.26. The molecule has 2 aromatic carbocycles. The van der Waals surface area contributed by atoms with Gasteiger partial charge < -0.3 is 9.47 Å². The minimum atomic E-state index is -0.587. The van der Waals surface area contributed by atoms with Crippen LogP contribution in [0.3, 0.4) is 0 Å². The van der Waals surface area contributed by atoms with Gasteiger partial charge in [0.15, 0.2) is 0 Å². The van der Waals surface area contributed by atoms with Gasteiger partial charge in [0.1, 0.15) is 0 Å². The Kier molecular flexibility index (Phi) is 5.42. The summed E-state index contributed by atoms with van der Waals surface area (Å²) >= 11 is 0. The zero-order valence-corrected chi connectivity index (χ0v) is 16.1.